The summed E-state index contributed by atoms with van der Waals surface area (Å²) in [6.07, 6.45) is -1.36. The molecule has 1 rings (SSSR count). The van der Waals surface area contributed by atoms with Crippen molar-refractivity contribution in [3.63, 3.8) is 0 Å². The van der Waals surface area contributed by atoms with Crippen LogP contribution < -0.4 is 0 Å². The smallest absolute Gasteiger partial charge is 0.242 e. The highest BCUT2D eigenvalue weighted by atomic mass is 127. The summed E-state index contributed by atoms with van der Waals surface area (Å²) in [7, 11) is 0. The Hall–Kier alpha value is 0.320. The van der Waals surface area contributed by atoms with Crippen LogP contribution in [0, 0.1) is 3.57 Å². The molecule has 0 bridgehead atoms. The molecule has 0 aliphatic rings. The van der Waals surface area contributed by atoms with Crippen molar-refractivity contribution in [1.82, 2.24) is 4.98 Å². The van der Waals surface area contributed by atoms with Crippen LogP contribution in [0.3, 0.4) is 0 Å². The molecule has 0 aliphatic carbocycles. The standard InChI is InChI=1S/C6H2Cl2F2IN/c7-4-3(6(9)10)2(11)1-12-5(4)8/h1,6H. The molecule has 6 heteroatoms. The third kappa shape index (κ3) is 1.97. The van der Waals surface area contributed by atoms with Crippen LogP contribution in [0.25, 0.3) is 0 Å². The number of rotatable bonds is 1. The van der Waals surface area contributed by atoms with E-state index in [9.17, 15) is 8.78 Å². The summed E-state index contributed by atoms with van der Waals surface area (Å²) < 4.78 is 24.9. The predicted molar refractivity (Wildman–Crippen MR) is 51.9 cm³/mol. The van der Waals surface area contributed by atoms with Crippen LogP contribution in [0.2, 0.25) is 10.2 Å². The maximum absolute atomic E-state index is 12.3. The molecule has 1 nitrogen and oxygen atoms in total. The number of halogens is 5. The van der Waals surface area contributed by atoms with E-state index in [1.165, 1.54) is 6.20 Å². The Balaban J connectivity index is 3.33. The quantitative estimate of drug-likeness (QED) is 0.563. The molecule has 1 heterocycles. The Kier molecular flexibility index (Phi) is 3.48. The van der Waals surface area contributed by atoms with Crippen LogP contribution in [-0.4, -0.2) is 4.98 Å². The van der Waals surface area contributed by atoms with Crippen molar-refractivity contribution in [2.75, 3.05) is 0 Å². The summed E-state index contributed by atoms with van der Waals surface area (Å²) in [5.74, 6) is 0. The monoisotopic (exact) mass is 323 g/mol. The number of hydrogen-bond donors (Lipinski definition) is 0. The summed E-state index contributed by atoms with van der Waals surface area (Å²) >= 11 is 12.7. The minimum Gasteiger partial charge on any atom is -0.242 e. The maximum Gasteiger partial charge on any atom is 0.266 e. The lowest BCUT2D eigenvalue weighted by Gasteiger charge is -2.05. The third-order valence-corrected chi connectivity index (χ3v) is 2.81. The Bertz CT molecular complexity index is 306. The first-order valence-corrected chi connectivity index (χ1v) is 4.65. The first-order chi connectivity index (χ1) is 5.54. The van der Waals surface area contributed by atoms with Crippen molar-refractivity contribution in [3.05, 3.63) is 25.5 Å². The molecule has 12 heavy (non-hydrogen) atoms. The fourth-order valence-electron chi connectivity index (χ4n) is 0.656. The first-order valence-electron chi connectivity index (χ1n) is 2.81. The van der Waals surface area contributed by atoms with Crippen LogP contribution in [-0.2, 0) is 0 Å². The van der Waals surface area contributed by atoms with Gasteiger partial charge in [-0.15, -0.1) is 0 Å². The molecule has 0 aliphatic heterocycles. The summed E-state index contributed by atoms with van der Waals surface area (Å²) in [5.41, 5.74) is -0.253. The normalized spacial score (nSPS) is 10.8. The number of pyridine rings is 1. The van der Waals surface area contributed by atoms with Crippen LogP contribution in [0.5, 0.6) is 0 Å². The van der Waals surface area contributed by atoms with E-state index in [2.05, 4.69) is 4.98 Å². The molecule has 0 fully saturated rings. The molecule has 66 valence electrons. The molecular formula is C6H2Cl2F2IN. The van der Waals surface area contributed by atoms with E-state index >= 15 is 0 Å². The van der Waals surface area contributed by atoms with Gasteiger partial charge in [0.25, 0.3) is 6.43 Å². The highest BCUT2D eigenvalue weighted by Crippen LogP contribution is 2.34. The van der Waals surface area contributed by atoms with Crippen LogP contribution in [0.15, 0.2) is 6.20 Å². The number of nitrogens with zero attached hydrogens (tertiary/aromatic N) is 1. The van der Waals surface area contributed by atoms with Gasteiger partial charge in [-0.1, -0.05) is 23.2 Å². The fourth-order valence-corrected chi connectivity index (χ4v) is 1.84. The molecule has 0 amide bonds. The molecule has 0 N–H and O–H groups in total. The molecule has 0 radical (unpaired) electrons. The topological polar surface area (TPSA) is 12.9 Å². The molecule has 1 aromatic heterocycles. The predicted octanol–water partition coefficient (Wildman–Crippen LogP) is 3.93. The van der Waals surface area contributed by atoms with Gasteiger partial charge in [0.05, 0.1) is 10.6 Å². The van der Waals surface area contributed by atoms with Crippen LogP contribution >= 0.6 is 45.8 Å². The summed E-state index contributed by atoms with van der Waals surface area (Å²) in [5, 5.41) is -0.258. The van der Waals surface area contributed by atoms with Gasteiger partial charge in [-0.3, -0.25) is 0 Å². The minimum absolute atomic E-state index is 0.0904. The minimum atomic E-state index is -2.62. The summed E-state index contributed by atoms with van der Waals surface area (Å²) in [6.45, 7) is 0. The molecule has 0 aromatic carbocycles. The van der Waals surface area contributed by atoms with Gasteiger partial charge in [0.1, 0.15) is 5.15 Å². The van der Waals surface area contributed by atoms with Gasteiger partial charge in [0.15, 0.2) is 0 Å². The molecule has 0 atom stereocenters. The van der Waals surface area contributed by atoms with E-state index in [1.54, 1.807) is 22.6 Å². The molecule has 0 spiro atoms. The van der Waals surface area contributed by atoms with Crippen molar-refractivity contribution in [3.8, 4) is 0 Å². The average molecular weight is 324 g/mol. The molecule has 0 saturated heterocycles. The lowest BCUT2D eigenvalue weighted by molar-refractivity contribution is 0.150. The van der Waals surface area contributed by atoms with Crippen LogP contribution in [0.4, 0.5) is 8.78 Å². The van der Waals surface area contributed by atoms with Crippen molar-refractivity contribution < 1.29 is 8.78 Å². The second-order valence-corrected chi connectivity index (χ2v) is 3.82. The van der Waals surface area contributed by atoms with Gasteiger partial charge in [-0.2, -0.15) is 0 Å². The van der Waals surface area contributed by atoms with Crippen molar-refractivity contribution in [2.24, 2.45) is 0 Å². The number of alkyl halides is 2. The van der Waals surface area contributed by atoms with Gasteiger partial charge in [-0.25, -0.2) is 13.8 Å². The molecule has 1 aromatic rings. The van der Waals surface area contributed by atoms with E-state index in [1.807, 2.05) is 0 Å². The Morgan fingerprint density at radius 3 is 2.42 bits per heavy atom. The fraction of sp³-hybridized carbons (Fsp3) is 0.167. The van der Waals surface area contributed by atoms with Gasteiger partial charge < -0.3 is 0 Å². The lowest BCUT2D eigenvalue weighted by atomic mass is 10.3. The average Bonchev–Trinajstić information content (AvgIpc) is 1.97. The van der Waals surface area contributed by atoms with E-state index in [-0.39, 0.29) is 15.7 Å². The number of aromatic nitrogens is 1. The van der Waals surface area contributed by atoms with Crippen molar-refractivity contribution in [2.45, 2.75) is 6.43 Å². The molecular weight excluding hydrogens is 322 g/mol. The zero-order valence-electron chi connectivity index (χ0n) is 5.49. The zero-order valence-corrected chi connectivity index (χ0v) is 9.16. The van der Waals surface area contributed by atoms with Crippen molar-refractivity contribution >= 4 is 45.8 Å². The zero-order chi connectivity index (χ0) is 9.30. The summed E-state index contributed by atoms with van der Waals surface area (Å²) in [6, 6.07) is 0. The van der Waals surface area contributed by atoms with E-state index in [0.29, 0.717) is 3.57 Å². The summed E-state index contributed by atoms with van der Waals surface area (Å²) in [4.78, 5) is 3.61. The Morgan fingerprint density at radius 1 is 1.42 bits per heavy atom. The largest absolute Gasteiger partial charge is 0.266 e. The van der Waals surface area contributed by atoms with Gasteiger partial charge >= 0.3 is 0 Å². The van der Waals surface area contributed by atoms with Gasteiger partial charge in [0.2, 0.25) is 0 Å². The maximum atomic E-state index is 12.3. The van der Waals surface area contributed by atoms with E-state index in [0.717, 1.165) is 0 Å². The molecule has 0 saturated carbocycles. The highest BCUT2D eigenvalue weighted by Gasteiger charge is 2.18. The Labute approximate surface area is 91.2 Å². The SMILES string of the molecule is FC(F)c1c(I)cnc(Cl)c1Cl. The first kappa shape index (κ1) is 10.4. The van der Waals surface area contributed by atoms with E-state index < -0.39 is 6.43 Å². The Morgan fingerprint density at radius 2 is 2.00 bits per heavy atom. The van der Waals surface area contributed by atoms with Gasteiger partial charge in [0, 0.05) is 9.77 Å². The second kappa shape index (κ2) is 4.02. The lowest BCUT2D eigenvalue weighted by Crippen LogP contribution is -1.93. The van der Waals surface area contributed by atoms with E-state index in [4.69, 9.17) is 23.2 Å². The van der Waals surface area contributed by atoms with Crippen LogP contribution in [0.1, 0.15) is 12.0 Å². The number of hydrogen-bond acceptors (Lipinski definition) is 1. The van der Waals surface area contributed by atoms with Gasteiger partial charge in [-0.05, 0) is 22.6 Å². The third-order valence-electron chi connectivity index (χ3n) is 1.18. The molecule has 0 unspecified atom stereocenters. The van der Waals surface area contributed by atoms with Crippen molar-refractivity contribution in [1.29, 1.82) is 0 Å². The highest BCUT2D eigenvalue weighted by molar-refractivity contribution is 14.1. The second-order valence-electron chi connectivity index (χ2n) is 1.93.